The molecule has 1 aromatic rings. The van der Waals surface area contributed by atoms with Crippen LogP contribution in [0.4, 0.5) is 5.69 Å². The summed E-state index contributed by atoms with van der Waals surface area (Å²) in [5.41, 5.74) is 4.17. The molecule has 0 spiro atoms. The lowest BCUT2D eigenvalue weighted by Gasteiger charge is -2.28. The Morgan fingerprint density at radius 1 is 1.44 bits per heavy atom. The van der Waals surface area contributed by atoms with Gasteiger partial charge in [-0.1, -0.05) is 19.1 Å². The molecule has 0 bridgehead atoms. The predicted molar refractivity (Wildman–Crippen MR) is 82.7 cm³/mol. The number of nitrogens with one attached hydrogen (secondary N) is 1. The van der Waals surface area contributed by atoms with Crippen molar-refractivity contribution >= 4 is 17.4 Å². The summed E-state index contributed by atoms with van der Waals surface area (Å²) in [5, 5.41) is 3.38. The molecule has 100 valence electrons. The third-order valence-corrected chi connectivity index (χ3v) is 4.82. The number of aryl methyl sites for hydroxylation is 1. The second-order valence-corrected chi connectivity index (χ2v) is 6.18. The number of thioether (sulfide) groups is 1. The van der Waals surface area contributed by atoms with E-state index in [2.05, 4.69) is 61.1 Å². The van der Waals surface area contributed by atoms with Crippen molar-refractivity contribution in [2.75, 3.05) is 30.0 Å². The van der Waals surface area contributed by atoms with Gasteiger partial charge in [-0.2, -0.15) is 11.8 Å². The molecule has 2 rings (SSSR count). The van der Waals surface area contributed by atoms with Crippen LogP contribution >= 0.6 is 11.8 Å². The molecule has 1 heterocycles. The topological polar surface area (TPSA) is 15.3 Å². The van der Waals surface area contributed by atoms with Crippen LogP contribution in [0.25, 0.3) is 0 Å². The first-order valence-electron chi connectivity index (χ1n) is 6.83. The average molecular weight is 264 g/mol. The van der Waals surface area contributed by atoms with Crippen molar-refractivity contribution in [2.24, 2.45) is 0 Å². The van der Waals surface area contributed by atoms with E-state index in [1.807, 2.05) is 0 Å². The highest BCUT2D eigenvalue weighted by molar-refractivity contribution is 7.99. The monoisotopic (exact) mass is 264 g/mol. The summed E-state index contributed by atoms with van der Waals surface area (Å²) in [6.07, 6.45) is 1.32. The third kappa shape index (κ3) is 3.21. The van der Waals surface area contributed by atoms with E-state index >= 15 is 0 Å². The van der Waals surface area contributed by atoms with Gasteiger partial charge in [0.15, 0.2) is 0 Å². The van der Waals surface area contributed by atoms with Gasteiger partial charge in [0.2, 0.25) is 0 Å². The minimum absolute atomic E-state index is 0.716. The summed E-state index contributed by atoms with van der Waals surface area (Å²) in [7, 11) is 2.24. The Balaban J connectivity index is 2.08. The van der Waals surface area contributed by atoms with E-state index in [-0.39, 0.29) is 0 Å². The summed E-state index contributed by atoms with van der Waals surface area (Å²) >= 11 is 2.07. The van der Waals surface area contributed by atoms with E-state index in [0.29, 0.717) is 6.04 Å². The molecule has 1 unspecified atom stereocenters. The standard InChI is InChI=1S/C15H24N2S/c1-4-16-10-13-5-6-15(12(2)9-13)17(3)14-7-8-18-11-14/h5-6,9,14,16H,4,7-8,10-11H2,1-3H3. The fourth-order valence-electron chi connectivity index (χ4n) is 2.52. The van der Waals surface area contributed by atoms with Crippen molar-refractivity contribution < 1.29 is 0 Å². The van der Waals surface area contributed by atoms with E-state index < -0.39 is 0 Å². The predicted octanol–water partition coefficient (Wildman–Crippen LogP) is 3.05. The molecule has 2 nitrogen and oxygen atoms in total. The summed E-state index contributed by atoms with van der Waals surface area (Å²) in [6.45, 7) is 6.37. The minimum Gasteiger partial charge on any atom is -0.371 e. The van der Waals surface area contributed by atoms with E-state index in [1.165, 1.54) is 34.7 Å². The fraction of sp³-hybridized carbons (Fsp3) is 0.600. The molecule has 0 aromatic heterocycles. The van der Waals surface area contributed by atoms with Crippen molar-refractivity contribution in [3.63, 3.8) is 0 Å². The van der Waals surface area contributed by atoms with Crippen LogP contribution < -0.4 is 10.2 Å². The SMILES string of the molecule is CCNCc1ccc(N(C)C2CCSC2)c(C)c1. The molecule has 1 aromatic carbocycles. The van der Waals surface area contributed by atoms with Crippen molar-refractivity contribution in [2.45, 2.75) is 32.9 Å². The smallest absolute Gasteiger partial charge is 0.0396 e. The summed E-state index contributed by atoms with van der Waals surface area (Å²) < 4.78 is 0. The van der Waals surface area contributed by atoms with Crippen LogP contribution in [0, 0.1) is 6.92 Å². The Morgan fingerprint density at radius 2 is 2.28 bits per heavy atom. The molecular weight excluding hydrogens is 240 g/mol. The van der Waals surface area contributed by atoms with Gasteiger partial charge < -0.3 is 10.2 Å². The molecule has 1 aliphatic rings. The molecule has 3 heteroatoms. The van der Waals surface area contributed by atoms with E-state index in [4.69, 9.17) is 0 Å². The number of rotatable bonds is 5. The minimum atomic E-state index is 0.716. The maximum absolute atomic E-state index is 3.38. The quantitative estimate of drug-likeness (QED) is 0.880. The molecule has 0 radical (unpaired) electrons. The van der Waals surface area contributed by atoms with Crippen LogP contribution in [-0.4, -0.2) is 31.1 Å². The molecule has 0 saturated carbocycles. The molecule has 1 saturated heterocycles. The zero-order chi connectivity index (χ0) is 13.0. The Bertz CT molecular complexity index is 386. The van der Waals surface area contributed by atoms with Gasteiger partial charge in [-0.3, -0.25) is 0 Å². The first kappa shape index (κ1) is 13.8. The van der Waals surface area contributed by atoms with Crippen LogP contribution in [0.5, 0.6) is 0 Å². The lowest BCUT2D eigenvalue weighted by molar-refractivity contribution is 0.697. The highest BCUT2D eigenvalue weighted by Gasteiger charge is 2.21. The van der Waals surface area contributed by atoms with Crippen molar-refractivity contribution in [1.29, 1.82) is 0 Å². The molecule has 1 aliphatic heterocycles. The van der Waals surface area contributed by atoms with Crippen LogP contribution in [0.1, 0.15) is 24.5 Å². The first-order chi connectivity index (χ1) is 8.72. The van der Waals surface area contributed by atoms with Gasteiger partial charge in [0, 0.05) is 31.1 Å². The molecule has 0 aliphatic carbocycles. The normalized spacial score (nSPS) is 19.2. The average Bonchev–Trinajstić information content (AvgIpc) is 2.89. The second kappa shape index (κ2) is 6.48. The number of anilines is 1. The van der Waals surface area contributed by atoms with Crippen LogP contribution in [0.2, 0.25) is 0 Å². The summed E-state index contributed by atoms with van der Waals surface area (Å²) in [5.74, 6) is 2.58. The number of nitrogens with zero attached hydrogens (tertiary/aromatic N) is 1. The van der Waals surface area contributed by atoms with Gasteiger partial charge >= 0.3 is 0 Å². The summed E-state index contributed by atoms with van der Waals surface area (Å²) in [4.78, 5) is 2.46. The van der Waals surface area contributed by atoms with Crippen LogP contribution in [0.3, 0.4) is 0 Å². The Morgan fingerprint density at radius 3 is 2.89 bits per heavy atom. The van der Waals surface area contributed by atoms with Gasteiger partial charge in [0.25, 0.3) is 0 Å². The molecular formula is C15H24N2S. The van der Waals surface area contributed by atoms with Crippen molar-refractivity contribution in [1.82, 2.24) is 5.32 Å². The van der Waals surface area contributed by atoms with Crippen molar-refractivity contribution in [3.8, 4) is 0 Å². The lowest BCUT2D eigenvalue weighted by atomic mass is 10.1. The Labute approximate surface area is 115 Å². The fourth-order valence-corrected chi connectivity index (χ4v) is 3.78. The maximum atomic E-state index is 3.38. The lowest BCUT2D eigenvalue weighted by Crippen LogP contribution is -2.31. The van der Waals surface area contributed by atoms with Crippen molar-refractivity contribution in [3.05, 3.63) is 29.3 Å². The van der Waals surface area contributed by atoms with Gasteiger partial charge in [0.1, 0.15) is 0 Å². The third-order valence-electron chi connectivity index (χ3n) is 3.67. The Hall–Kier alpha value is -0.670. The Kier molecular flexibility index (Phi) is 4.95. The van der Waals surface area contributed by atoms with E-state index in [1.54, 1.807) is 0 Å². The zero-order valence-corrected chi connectivity index (χ0v) is 12.5. The number of benzene rings is 1. The largest absolute Gasteiger partial charge is 0.371 e. The number of hydrogen-bond donors (Lipinski definition) is 1. The van der Waals surface area contributed by atoms with Gasteiger partial charge in [-0.25, -0.2) is 0 Å². The first-order valence-corrected chi connectivity index (χ1v) is 7.98. The zero-order valence-electron chi connectivity index (χ0n) is 11.7. The van der Waals surface area contributed by atoms with Gasteiger partial charge in [0.05, 0.1) is 0 Å². The second-order valence-electron chi connectivity index (χ2n) is 5.03. The van der Waals surface area contributed by atoms with E-state index in [0.717, 1.165) is 13.1 Å². The molecule has 1 atom stereocenters. The summed E-state index contributed by atoms with van der Waals surface area (Å²) in [6, 6.07) is 7.57. The van der Waals surface area contributed by atoms with Crippen LogP contribution in [-0.2, 0) is 6.54 Å². The molecule has 0 amide bonds. The highest BCUT2D eigenvalue weighted by Crippen LogP contribution is 2.28. The molecule has 1 N–H and O–H groups in total. The van der Waals surface area contributed by atoms with Gasteiger partial charge in [-0.15, -0.1) is 0 Å². The molecule has 1 fully saturated rings. The number of hydrogen-bond acceptors (Lipinski definition) is 3. The highest BCUT2D eigenvalue weighted by atomic mass is 32.2. The maximum Gasteiger partial charge on any atom is 0.0396 e. The van der Waals surface area contributed by atoms with Crippen LogP contribution in [0.15, 0.2) is 18.2 Å². The molecule has 18 heavy (non-hydrogen) atoms. The van der Waals surface area contributed by atoms with Gasteiger partial charge in [-0.05, 0) is 42.8 Å². The van der Waals surface area contributed by atoms with E-state index in [9.17, 15) is 0 Å².